The van der Waals surface area contributed by atoms with Gasteiger partial charge in [0.15, 0.2) is 6.23 Å². The third kappa shape index (κ3) is 3.42. The summed E-state index contributed by atoms with van der Waals surface area (Å²) in [6.07, 6.45) is -1.20. The highest BCUT2D eigenvalue weighted by atomic mass is 16.4. The van der Waals surface area contributed by atoms with Crippen LogP contribution in [0.25, 0.3) is 0 Å². The number of hydrogen-bond acceptors (Lipinski definition) is 3. The van der Waals surface area contributed by atoms with Gasteiger partial charge in [0.25, 0.3) is 0 Å². The van der Waals surface area contributed by atoms with E-state index in [-0.39, 0.29) is 10.9 Å². The van der Waals surface area contributed by atoms with Gasteiger partial charge < -0.3 is 19.5 Å². The van der Waals surface area contributed by atoms with Gasteiger partial charge in [-0.2, -0.15) is 0 Å². The zero-order valence-electron chi connectivity index (χ0n) is 6.50. The van der Waals surface area contributed by atoms with E-state index >= 15 is 0 Å². The Bertz CT molecular complexity index is 127. The quantitative estimate of drug-likeness (QED) is 0.376. The fourth-order valence-electron chi connectivity index (χ4n) is 0.423. The molecule has 0 heterocycles. The van der Waals surface area contributed by atoms with E-state index < -0.39 is 12.2 Å². The number of quaternary nitrogens is 1. The molecule has 0 fully saturated rings. The highest BCUT2D eigenvalue weighted by Gasteiger charge is 2.19. The number of rotatable bonds is 3. The summed E-state index contributed by atoms with van der Waals surface area (Å²) >= 11 is 0. The van der Waals surface area contributed by atoms with Crippen LogP contribution in [0.2, 0.25) is 0 Å². The van der Waals surface area contributed by atoms with Crippen LogP contribution in [0.15, 0.2) is 0 Å². The smallest absolute Gasteiger partial charge is 0.195 e. The van der Waals surface area contributed by atoms with Gasteiger partial charge in [-0.15, -0.1) is 0 Å². The highest BCUT2D eigenvalue weighted by Crippen LogP contribution is 2.01. The minimum Gasteiger partial charge on any atom is -0.550 e. The molecule has 4 heteroatoms. The summed E-state index contributed by atoms with van der Waals surface area (Å²) in [5.41, 5.74) is 0. The highest BCUT2D eigenvalue weighted by molar-refractivity contribution is 5.64. The van der Waals surface area contributed by atoms with Crippen molar-refractivity contribution in [3.63, 3.8) is 0 Å². The van der Waals surface area contributed by atoms with E-state index in [1.165, 1.54) is 0 Å². The van der Waals surface area contributed by atoms with Gasteiger partial charge >= 0.3 is 0 Å². The number of aliphatic hydroxyl groups excluding tert-OH is 1. The summed E-state index contributed by atoms with van der Waals surface area (Å²) in [6, 6.07) is 0. The Morgan fingerprint density at radius 1 is 1.60 bits per heavy atom. The Labute approximate surface area is 60.3 Å². The third-order valence-corrected chi connectivity index (χ3v) is 1.24. The first kappa shape index (κ1) is 9.39. The maximum atomic E-state index is 9.98. The molecule has 0 amide bonds. The molecule has 0 spiro atoms. The predicted molar refractivity (Wildman–Crippen MR) is 33.7 cm³/mol. The largest absolute Gasteiger partial charge is 0.550 e. The molecule has 0 aliphatic carbocycles. The van der Waals surface area contributed by atoms with E-state index in [1.807, 2.05) is 0 Å². The van der Waals surface area contributed by atoms with Gasteiger partial charge in [0, 0.05) is 0 Å². The summed E-state index contributed by atoms with van der Waals surface area (Å²) < 4.78 is 0.216. The lowest BCUT2D eigenvalue weighted by Gasteiger charge is -2.29. The molecule has 0 saturated carbocycles. The van der Waals surface area contributed by atoms with Crippen LogP contribution in [0.3, 0.4) is 0 Å². The third-order valence-electron chi connectivity index (χ3n) is 1.24. The lowest BCUT2D eigenvalue weighted by atomic mass is 10.3. The Hall–Kier alpha value is -0.610. The molecule has 0 aromatic heterocycles. The second-order valence-corrected chi connectivity index (χ2v) is 3.17. The minimum atomic E-state index is -1.22. The summed E-state index contributed by atoms with van der Waals surface area (Å²) in [5.74, 6) is -1.22. The van der Waals surface area contributed by atoms with E-state index in [0.29, 0.717) is 0 Å². The van der Waals surface area contributed by atoms with E-state index in [2.05, 4.69) is 0 Å². The molecule has 1 N–H and O–H groups in total. The zero-order valence-corrected chi connectivity index (χ0v) is 6.50. The summed E-state index contributed by atoms with van der Waals surface area (Å²) in [6.45, 7) is 0. The number of carbonyl (C=O) groups is 1. The minimum absolute atomic E-state index is 0.216. The second-order valence-electron chi connectivity index (χ2n) is 3.17. The van der Waals surface area contributed by atoms with Crippen molar-refractivity contribution in [2.45, 2.75) is 12.6 Å². The average molecular weight is 147 g/mol. The maximum Gasteiger partial charge on any atom is 0.195 e. The summed E-state index contributed by atoms with van der Waals surface area (Å²) in [7, 11) is 5.15. The van der Waals surface area contributed by atoms with Crippen molar-refractivity contribution < 1.29 is 19.5 Å². The molecule has 10 heavy (non-hydrogen) atoms. The normalized spacial score (nSPS) is 14.8. The molecule has 1 unspecified atom stereocenters. The van der Waals surface area contributed by atoms with Crippen molar-refractivity contribution in [3.05, 3.63) is 0 Å². The Morgan fingerprint density at radius 3 is 2.10 bits per heavy atom. The zero-order chi connectivity index (χ0) is 8.36. The van der Waals surface area contributed by atoms with Crippen molar-refractivity contribution in [2.75, 3.05) is 21.1 Å². The van der Waals surface area contributed by atoms with Gasteiger partial charge in [-0.25, -0.2) is 0 Å². The Kier molecular flexibility index (Phi) is 2.80. The van der Waals surface area contributed by atoms with Crippen LogP contribution in [-0.4, -0.2) is 42.9 Å². The van der Waals surface area contributed by atoms with Gasteiger partial charge in [0.1, 0.15) is 0 Å². The van der Waals surface area contributed by atoms with Crippen LogP contribution in [0.5, 0.6) is 0 Å². The first-order valence-electron chi connectivity index (χ1n) is 3.03. The van der Waals surface area contributed by atoms with Crippen LogP contribution in [0.1, 0.15) is 6.42 Å². The number of hydrogen-bond donors (Lipinski definition) is 1. The second kappa shape index (κ2) is 2.98. The monoisotopic (exact) mass is 147 g/mol. The molecule has 4 nitrogen and oxygen atoms in total. The van der Waals surface area contributed by atoms with E-state index in [1.54, 1.807) is 21.1 Å². The first-order chi connectivity index (χ1) is 4.34. The molecule has 0 aromatic rings. The SMILES string of the molecule is C[N+](C)(C)C(O)CC(=O)[O-]. The van der Waals surface area contributed by atoms with Crippen LogP contribution in [0.4, 0.5) is 0 Å². The number of carboxylic acids is 1. The van der Waals surface area contributed by atoms with Gasteiger partial charge in [0.2, 0.25) is 0 Å². The van der Waals surface area contributed by atoms with Crippen molar-refractivity contribution in [3.8, 4) is 0 Å². The number of nitrogens with zero attached hydrogens (tertiary/aromatic N) is 1. The fraction of sp³-hybridized carbons (Fsp3) is 0.833. The van der Waals surface area contributed by atoms with Gasteiger partial charge in [-0.1, -0.05) is 0 Å². The molecule has 0 aliphatic rings. The molecule has 0 radical (unpaired) electrons. The van der Waals surface area contributed by atoms with Crippen molar-refractivity contribution in [2.24, 2.45) is 0 Å². The van der Waals surface area contributed by atoms with E-state index in [4.69, 9.17) is 5.11 Å². The van der Waals surface area contributed by atoms with Crippen molar-refractivity contribution in [1.82, 2.24) is 0 Å². The molecule has 0 saturated heterocycles. The Balaban J connectivity index is 3.85. The molecule has 0 aliphatic heterocycles. The Morgan fingerprint density at radius 2 is 2.00 bits per heavy atom. The standard InChI is InChI=1S/C6H13NO3/c1-7(2,3)5(8)4-6(9)10/h5,8H,4H2,1-3H3. The molecule has 60 valence electrons. The summed E-state index contributed by atoms with van der Waals surface area (Å²) in [4.78, 5) is 9.98. The van der Waals surface area contributed by atoms with Crippen LogP contribution in [0, 0.1) is 0 Å². The van der Waals surface area contributed by atoms with E-state index in [9.17, 15) is 9.90 Å². The van der Waals surface area contributed by atoms with Gasteiger partial charge in [-0.05, 0) is 0 Å². The lowest BCUT2D eigenvalue weighted by Crippen LogP contribution is -2.47. The summed E-state index contributed by atoms with van der Waals surface area (Å²) in [5, 5.41) is 19.1. The maximum absolute atomic E-state index is 9.98. The predicted octanol–water partition coefficient (Wildman–Crippen LogP) is -1.85. The number of aliphatic carboxylic acids is 1. The number of aliphatic hydroxyl groups is 1. The van der Waals surface area contributed by atoms with Crippen molar-refractivity contribution in [1.29, 1.82) is 0 Å². The molecular weight excluding hydrogens is 134 g/mol. The molecule has 0 aromatic carbocycles. The van der Waals surface area contributed by atoms with Crippen LogP contribution in [-0.2, 0) is 4.79 Å². The molecular formula is C6H13NO3. The molecule has 0 bridgehead atoms. The molecule has 0 rings (SSSR count). The van der Waals surface area contributed by atoms with Gasteiger partial charge in [-0.3, -0.25) is 0 Å². The van der Waals surface area contributed by atoms with Crippen LogP contribution < -0.4 is 5.11 Å². The van der Waals surface area contributed by atoms with Crippen LogP contribution >= 0.6 is 0 Å². The van der Waals surface area contributed by atoms with Crippen molar-refractivity contribution >= 4 is 5.97 Å². The average Bonchev–Trinajstić information content (AvgIpc) is 1.60. The first-order valence-corrected chi connectivity index (χ1v) is 3.03. The van der Waals surface area contributed by atoms with Gasteiger partial charge in [0.05, 0.1) is 33.5 Å². The molecule has 1 atom stereocenters. The fourth-order valence-corrected chi connectivity index (χ4v) is 0.423. The number of carbonyl (C=O) groups excluding carboxylic acids is 1. The topological polar surface area (TPSA) is 60.4 Å². The lowest BCUT2D eigenvalue weighted by molar-refractivity contribution is -0.918. The number of carboxylic acid groups (broad SMARTS) is 1. The van der Waals surface area contributed by atoms with E-state index in [0.717, 1.165) is 0 Å².